The van der Waals surface area contributed by atoms with Gasteiger partial charge < -0.3 is 15.8 Å². The van der Waals surface area contributed by atoms with E-state index in [1.165, 1.54) is 13.1 Å². The molecular weight excluding hydrogens is 278 g/mol. The van der Waals surface area contributed by atoms with Gasteiger partial charge in [-0.2, -0.15) is 0 Å². The van der Waals surface area contributed by atoms with E-state index in [1.807, 2.05) is 0 Å². The predicted octanol–water partition coefficient (Wildman–Crippen LogP) is 1.16. The van der Waals surface area contributed by atoms with E-state index in [0.717, 1.165) is 25.9 Å². The average Bonchev–Trinajstić information content (AvgIpc) is 2.47. The van der Waals surface area contributed by atoms with Crippen LogP contribution in [0.3, 0.4) is 0 Å². The Morgan fingerprint density at radius 2 is 2.20 bits per heavy atom. The van der Waals surface area contributed by atoms with Crippen molar-refractivity contribution in [3.05, 3.63) is 18.2 Å². The Hall–Kier alpha value is -1.31. The molecule has 0 radical (unpaired) electrons. The molecule has 1 saturated heterocycles. The fourth-order valence-electron chi connectivity index (χ4n) is 2.21. The zero-order valence-corrected chi connectivity index (χ0v) is 12.4. The van der Waals surface area contributed by atoms with Crippen LogP contribution in [0.1, 0.15) is 19.3 Å². The zero-order valence-electron chi connectivity index (χ0n) is 11.6. The third kappa shape index (κ3) is 3.62. The van der Waals surface area contributed by atoms with Crippen LogP contribution < -0.4 is 15.8 Å². The van der Waals surface area contributed by atoms with Gasteiger partial charge in [0.1, 0.15) is 4.90 Å². The number of ether oxygens (including phenoxy) is 1. The van der Waals surface area contributed by atoms with Crippen molar-refractivity contribution in [2.75, 3.05) is 31.2 Å². The third-order valence-electron chi connectivity index (χ3n) is 3.36. The van der Waals surface area contributed by atoms with Crippen LogP contribution in [0.25, 0.3) is 0 Å². The SMILES string of the molecule is CNS(=O)(=O)c1cc(N)ccc1NCC1CCCCO1. The van der Waals surface area contributed by atoms with E-state index in [1.54, 1.807) is 12.1 Å². The highest BCUT2D eigenvalue weighted by Gasteiger charge is 2.19. The second kappa shape index (κ2) is 6.43. The average molecular weight is 299 g/mol. The highest BCUT2D eigenvalue weighted by Crippen LogP contribution is 2.24. The van der Waals surface area contributed by atoms with Crippen LogP contribution >= 0.6 is 0 Å². The minimum Gasteiger partial charge on any atom is -0.399 e. The van der Waals surface area contributed by atoms with Gasteiger partial charge >= 0.3 is 0 Å². The van der Waals surface area contributed by atoms with Gasteiger partial charge in [-0.05, 0) is 44.5 Å². The Labute approximate surface area is 119 Å². The highest BCUT2D eigenvalue weighted by atomic mass is 32.2. The minimum absolute atomic E-state index is 0.131. The number of rotatable bonds is 5. The van der Waals surface area contributed by atoms with Crippen molar-refractivity contribution in [1.82, 2.24) is 4.72 Å². The van der Waals surface area contributed by atoms with Crippen molar-refractivity contribution in [2.45, 2.75) is 30.3 Å². The summed E-state index contributed by atoms with van der Waals surface area (Å²) in [5, 5.41) is 3.15. The largest absolute Gasteiger partial charge is 0.399 e. The van der Waals surface area contributed by atoms with Crippen LogP contribution in [-0.4, -0.2) is 34.7 Å². The summed E-state index contributed by atoms with van der Waals surface area (Å²) in [6.07, 6.45) is 3.37. The summed E-state index contributed by atoms with van der Waals surface area (Å²) < 4.78 is 31.9. The first-order valence-electron chi connectivity index (χ1n) is 6.71. The molecule has 1 aromatic carbocycles. The van der Waals surface area contributed by atoms with Crippen LogP contribution in [0.5, 0.6) is 0 Å². The van der Waals surface area contributed by atoms with Crippen LogP contribution in [0.4, 0.5) is 11.4 Å². The summed E-state index contributed by atoms with van der Waals surface area (Å²) in [6.45, 7) is 1.37. The molecule has 4 N–H and O–H groups in total. The number of anilines is 2. The monoisotopic (exact) mass is 299 g/mol. The van der Waals surface area contributed by atoms with Gasteiger partial charge in [0.05, 0.1) is 11.8 Å². The van der Waals surface area contributed by atoms with Crippen molar-refractivity contribution in [3.8, 4) is 0 Å². The topological polar surface area (TPSA) is 93.5 Å². The van der Waals surface area contributed by atoms with Crippen molar-refractivity contribution in [1.29, 1.82) is 0 Å². The first-order valence-corrected chi connectivity index (χ1v) is 8.20. The summed E-state index contributed by atoms with van der Waals surface area (Å²) in [7, 11) is -2.16. The van der Waals surface area contributed by atoms with E-state index in [2.05, 4.69) is 10.0 Å². The Morgan fingerprint density at radius 3 is 2.85 bits per heavy atom. The molecule has 0 spiro atoms. The summed E-state index contributed by atoms with van der Waals surface area (Å²) in [5.74, 6) is 0. The predicted molar refractivity (Wildman–Crippen MR) is 79.2 cm³/mol. The maximum absolute atomic E-state index is 12.0. The molecule has 1 fully saturated rings. The van der Waals surface area contributed by atoms with Crippen LogP contribution in [0.2, 0.25) is 0 Å². The standard InChI is InChI=1S/C13H21N3O3S/c1-15-20(17,18)13-8-10(14)5-6-12(13)16-9-11-4-2-3-7-19-11/h5-6,8,11,15-16H,2-4,7,9,14H2,1H3. The van der Waals surface area contributed by atoms with Crippen molar-refractivity contribution >= 4 is 21.4 Å². The molecule has 1 aromatic rings. The van der Waals surface area contributed by atoms with Gasteiger partial charge in [-0.1, -0.05) is 0 Å². The number of sulfonamides is 1. The molecule has 0 aliphatic carbocycles. The molecule has 1 unspecified atom stereocenters. The quantitative estimate of drug-likeness (QED) is 0.709. The Kier molecular flexibility index (Phi) is 4.85. The molecule has 0 aromatic heterocycles. The normalized spacial score (nSPS) is 19.8. The van der Waals surface area contributed by atoms with E-state index < -0.39 is 10.0 Å². The molecule has 1 heterocycles. The molecule has 1 aliphatic rings. The third-order valence-corrected chi connectivity index (χ3v) is 4.81. The van der Waals surface area contributed by atoms with Gasteiger partial charge in [-0.15, -0.1) is 0 Å². The summed E-state index contributed by atoms with van der Waals surface area (Å²) in [5.41, 5.74) is 6.63. The lowest BCUT2D eigenvalue weighted by atomic mass is 10.1. The van der Waals surface area contributed by atoms with Gasteiger partial charge in [0.2, 0.25) is 10.0 Å². The molecule has 2 rings (SSSR count). The second-order valence-corrected chi connectivity index (χ2v) is 6.69. The van der Waals surface area contributed by atoms with Gasteiger partial charge in [0, 0.05) is 18.8 Å². The molecule has 0 saturated carbocycles. The number of nitrogens with two attached hydrogens (primary N) is 1. The Morgan fingerprint density at radius 1 is 1.40 bits per heavy atom. The molecule has 6 nitrogen and oxygen atoms in total. The molecular formula is C13H21N3O3S. The van der Waals surface area contributed by atoms with Gasteiger partial charge in [-0.25, -0.2) is 13.1 Å². The Bertz CT molecular complexity index is 554. The number of hydrogen-bond donors (Lipinski definition) is 3. The van der Waals surface area contributed by atoms with Gasteiger partial charge in [0.15, 0.2) is 0 Å². The zero-order chi connectivity index (χ0) is 14.6. The number of hydrogen-bond acceptors (Lipinski definition) is 5. The van der Waals surface area contributed by atoms with Crippen molar-refractivity contribution in [3.63, 3.8) is 0 Å². The first kappa shape index (κ1) is 15.1. The highest BCUT2D eigenvalue weighted by molar-refractivity contribution is 7.89. The van der Waals surface area contributed by atoms with E-state index >= 15 is 0 Å². The van der Waals surface area contributed by atoms with Crippen LogP contribution in [-0.2, 0) is 14.8 Å². The lowest BCUT2D eigenvalue weighted by Crippen LogP contribution is -2.28. The molecule has 20 heavy (non-hydrogen) atoms. The first-order chi connectivity index (χ1) is 9.53. The number of benzene rings is 1. The lowest BCUT2D eigenvalue weighted by molar-refractivity contribution is 0.0247. The van der Waals surface area contributed by atoms with Crippen molar-refractivity contribution in [2.24, 2.45) is 0 Å². The molecule has 112 valence electrons. The second-order valence-electron chi connectivity index (χ2n) is 4.83. The van der Waals surface area contributed by atoms with E-state index in [-0.39, 0.29) is 11.0 Å². The minimum atomic E-state index is -3.54. The number of nitrogen functional groups attached to an aromatic ring is 1. The summed E-state index contributed by atoms with van der Waals surface area (Å²) in [4.78, 5) is 0.163. The van der Waals surface area contributed by atoms with Crippen LogP contribution in [0, 0.1) is 0 Å². The fourth-order valence-corrected chi connectivity index (χ4v) is 3.15. The van der Waals surface area contributed by atoms with Gasteiger partial charge in [-0.3, -0.25) is 0 Å². The summed E-state index contributed by atoms with van der Waals surface area (Å²) >= 11 is 0. The molecule has 0 amide bonds. The molecule has 0 bridgehead atoms. The van der Waals surface area contributed by atoms with E-state index in [0.29, 0.717) is 17.9 Å². The maximum atomic E-state index is 12.0. The van der Waals surface area contributed by atoms with E-state index in [9.17, 15) is 8.42 Å². The fraction of sp³-hybridized carbons (Fsp3) is 0.538. The van der Waals surface area contributed by atoms with Crippen LogP contribution in [0.15, 0.2) is 23.1 Å². The maximum Gasteiger partial charge on any atom is 0.242 e. The Balaban J connectivity index is 2.14. The number of nitrogens with one attached hydrogen (secondary N) is 2. The van der Waals surface area contributed by atoms with Gasteiger partial charge in [0.25, 0.3) is 0 Å². The molecule has 1 atom stereocenters. The van der Waals surface area contributed by atoms with E-state index in [4.69, 9.17) is 10.5 Å². The summed E-state index contributed by atoms with van der Waals surface area (Å²) in [6, 6.07) is 4.82. The molecule has 7 heteroatoms. The molecule has 1 aliphatic heterocycles. The smallest absolute Gasteiger partial charge is 0.242 e. The van der Waals surface area contributed by atoms with Crippen molar-refractivity contribution < 1.29 is 13.2 Å². The lowest BCUT2D eigenvalue weighted by Gasteiger charge is -2.23.